The summed E-state index contributed by atoms with van der Waals surface area (Å²) < 4.78 is 1.75. The number of urea groups is 1. The zero-order chi connectivity index (χ0) is 20.4. The van der Waals surface area contributed by atoms with Crippen molar-refractivity contribution in [1.29, 1.82) is 0 Å². The first kappa shape index (κ1) is 20.4. The molecule has 7 nitrogen and oxygen atoms in total. The van der Waals surface area contributed by atoms with Crippen LogP contribution in [0.25, 0.3) is 10.2 Å². The minimum Gasteiger partial charge on any atom is -0.336 e. The van der Waals surface area contributed by atoms with E-state index >= 15 is 0 Å². The van der Waals surface area contributed by atoms with E-state index in [0.29, 0.717) is 24.8 Å². The average molecular weight is 435 g/mol. The zero-order valence-corrected chi connectivity index (χ0v) is 18.3. The van der Waals surface area contributed by atoms with Gasteiger partial charge in [-0.2, -0.15) is 0 Å². The van der Waals surface area contributed by atoms with E-state index in [1.54, 1.807) is 15.9 Å². The van der Waals surface area contributed by atoms with Crippen molar-refractivity contribution in [3.63, 3.8) is 0 Å². The van der Waals surface area contributed by atoms with Crippen molar-refractivity contribution in [1.82, 2.24) is 19.8 Å². The highest BCUT2D eigenvalue weighted by molar-refractivity contribution is 7.99. The number of rotatable bonds is 7. The van der Waals surface area contributed by atoms with E-state index in [2.05, 4.69) is 12.2 Å². The fraction of sp³-hybridized carbons (Fsp3) is 0.600. The van der Waals surface area contributed by atoms with Crippen molar-refractivity contribution in [3.8, 4) is 0 Å². The summed E-state index contributed by atoms with van der Waals surface area (Å²) in [6.45, 7) is 3.63. The van der Waals surface area contributed by atoms with Gasteiger partial charge in [-0.15, -0.1) is 11.3 Å². The molecule has 1 N–H and O–H groups in total. The molecule has 3 heterocycles. The predicted molar refractivity (Wildman–Crippen MR) is 116 cm³/mol. The topological polar surface area (TPSA) is 84.3 Å². The maximum atomic E-state index is 13.4. The molecule has 3 amide bonds. The second-order valence-electron chi connectivity index (χ2n) is 7.52. The van der Waals surface area contributed by atoms with E-state index in [1.807, 2.05) is 0 Å². The summed E-state index contributed by atoms with van der Waals surface area (Å²) in [5.74, 6) is -0.144. The van der Waals surface area contributed by atoms with Crippen LogP contribution >= 0.6 is 23.1 Å². The number of hydrogen-bond acceptors (Lipinski definition) is 6. The van der Waals surface area contributed by atoms with Gasteiger partial charge in [0, 0.05) is 24.5 Å². The molecule has 0 spiro atoms. The number of aryl methyl sites for hydroxylation is 2. The highest BCUT2D eigenvalue weighted by Crippen LogP contribution is 2.34. The van der Waals surface area contributed by atoms with Gasteiger partial charge in [0.25, 0.3) is 5.56 Å². The highest BCUT2D eigenvalue weighted by atomic mass is 32.2. The van der Waals surface area contributed by atoms with Crippen molar-refractivity contribution in [2.24, 2.45) is 0 Å². The van der Waals surface area contributed by atoms with E-state index in [-0.39, 0.29) is 23.3 Å². The number of carbonyl (C=O) groups excluding carboxylic acids is 2. The molecule has 1 aliphatic carbocycles. The molecule has 0 saturated carbocycles. The number of nitrogens with zero attached hydrogens (tertiary/aromatic N) is 3. The quantitative estimate of drug-likeness (QED) is 0.411. The molecule has 0 bridgehead atoms. The van der Waals surface area contributed by atoms with Crippen LogP contribution in [-0.2, 0) is 24.2 Å². The summed E-state index contributed by atoms with van der Waals surface area (Å²) in [7, 11) is 0. The first-order valence-electron chi connectivity index (χ1n) is 10.4. The van der Waals surface area contributed by atoms with Crippen molar-refractivity contribution in [2.45, 2.75) is 63.6 Å². The van der Waals surface area contributed by atoms with Crippen molar-refractivity contribution in [3.05, 3.63) is 20.8 Å². The van der Waals surface area contributed by atoms with Crippen molar-refractivity contribution in [2.75, 3.05) is 18.8 Å². The first-order chi connectivity index (χ1) is 14.1. The van der Waals surface area contributed by atoms with E-state index in [9.17, 15) is 14.4 Å². The van der Waals surface area contributed by atoms with Crippen LogP contribution in [0.2, 0.25) is 0 Å². The number of thioether (sulfide) groups is 1. The van der Waals surface area contributed by atoms with Gasteiger partial charge in [-0.3, -0.25) is 19.1 Å². The molecule has 0 aromatic carbocycles. The number of amides is 3. The second kappa shape index (κ2) is 8.87. The van der Waals surface area contributed by atoms with E-state index in [0.717, 1.165) is 48.7 Å². The largest absolute Gasteiger partial charge is 0.336 e. The Balaban J connectivity index is 1.65. The van der Waals surface area contributed by atoms with Gasteiger partial charge in [-0.25, -0.2) is 9.78 Å². The maximum absolute atomic E-state index is 13.4. The van der Waals surface area contributed by atoms with Gasteiger partial charge >= 0.3 is 6.03 Å². The van der Waals surface area contributed by atoms with Crippen LogP contribution in [0.4, 0.5) is 4.79 Å². The van der Waals surface area contributed by atoms with Crippen LogP contribution < -0.4 is 10.9 Å². The standard InChI is InChI=1S/C20H26N4O3S2/c1-2-3-6-10-24-18(26)16-13-7-4-5-8-14(13)29-17(16)22-20(24)28-12-15(25)23-11-9-21-19(23)27/h2-12H2,1H3,(H,21,27). The Morgan fingerprint density at radius 1 is 1.24 bits per heavy atom. The second-order valence-corrected chi connectivity index (χ2v) is 9.54. The number of unbranched alkanes of at least 4 members (excludes halogenated alkanes) is 2. The van der Waals surface area contributed by atoms with Crippen LogP contribution in [0.1, 0.15) is 49.5 Å². The molecular formula is C20H26N4O3S2. The van der Waals surface area contributed by atoms with Crippen LogP contribution in [0.5, 0.6) is 0 Å². The third-order valence-corrected chi connectivity index (χ3v) is 7.65. The molecule has 1 fully saturated rings. The lowest BCUT2D eigenvalue weighted by molar-refractivity contribution is -0.124. The molecule has 9 heteroatoms. The fourth-order valence-electron chi connectivity index (χ4n) is 3.96. The van der Waals surface area contributed by atoms with Gasteiger partial charge < -0.3 is 5.32 Å². The Morgan fingerprint density at radius 3 is 2.83 bits per heavy atom. The number of imide groups is 1. The Labute approximate surface area is 177 Å². The Morgan fingerprint density at radius 2 is 2.07 bits per heavy atom. The van der Waals surface area contributed by atoms with Crippen LogP contribution in [0, 0.1) is 0 Å². The fourth-order valence-corrected chi connectivity index (χ4v) is 6.16. The van der Waals surface area contributed by atoms with Crippen molar-refractivity contribution < 1.29 is 9.59 Å². The summed E-state index contributed by atoms with van der Waals surface area (Å²) in [6, 6.07) is -0.342. The van der Waals surface area contributed by atoms with Gasteiger partial charge in [-0.1, -0.05) is 31.5 Å². The SMILES string of the molecule is CCCCCn1c(SCC(=O)N2CCNC2=O)nc2sc3c(c2c1=O)CCCC3. The van der Waals surface area contributed by atoms with Gasteiger partial charge in [-0.05, 0) is 37.7 Å². The lowest BCUT2D eigenvalue weighted by Crippen LogP contribution is -2.35. The molecule has 4 rings (SSSR count). The number of hydrogen-bond donors (Lipinski definition) is 1. The Hall–Kier alpha value is -1.87. The van der Waals surface area contributed by atoms with Gasteiger partial charge in [0.15, 0.2) is 5.16 Å². The lowest BCUT2D eigenvalue weighted by Gasteiger charge is -2.15. The Bertz CT molecular complexity index is 998. The average Bonchev–Trinajstić information content (AvgIpc) is 3.31. The molecule has 156 valence electrons. The summed E-state index contributed by atoms with van der Waals surface area (Å²) in [5.41, 5.74) is 1.22. The van der Waals surface area contributed by atoms with Gasteiger partial charge in [0.05, 0.1) is 11.1 Å². The summed E-state index contributed by atoms with van der Waals surface area (Å²) in [5, 5.41) is 4.02. The summed E-state index contributed by atoms with van der Waals surface area (Å²) in [4.78, 5) is 45.7. The summed E-state index contributed by atoms with van der Waals surface area (Å²) >= 11 is 2.89. The lowest BCUT2D eigenvalue weighted by atomic mass is 9.97. The van der Waals surface area contributed by atoms with Crippen LogP contribution in [0.15, 0.2) is 9.95 Å². The molecule has 1 aliphatic heterocycles. The van der Waals surface area contributed by atoms with E-state index in [1.165, 1.54) is 33.5 Å². The monoisotopic (exact) mass is 434 g/mol. The molecule has 0 unspecified atom stereocenters. The van der Waals surface area contributed by atoms with Gasteiger partial charge in [0.1, 0.15) is 4.83 Å². The number of aromatic nitrogens is 2. The molecule has 0 atom stereocenters. The maximum Gasteiger partial charge on any atom is 0.324 e. The molecule has 2 aromatic heterocycles. The highest BCUT2D eigenvalue weighted by Gasteiger charge is 2.27. The molecule has 1 saturated heterocycles. The molecule has 0 radical (unpaired) electrons. The number of fused-ring (bicyclic) bond motifs is 3. The zero-order valence-electron chi connectivity index (χ0n) is 16.7. The van der Waals surface area contributed by atoms with Gasteiger partial charge in [0.2, 0.25) is 5.91 Å². The van der Waals surface area contributed by atoms with E-state index < -0.39 is 0 Å². The predicted octanol–water partition coefficient (Wildman–Crippen LogP) is 3.17. The molecular weight excluding hydrogens is 408 g/mol. The van der Waals surface area contributed by atoms with Crippen LogP contribution in [-0.4, -0.2) is 45.2 Å². The molecule has 2 aliphatic rings. The minimum absolute atomic E-state index is 0.0272. The number of carbonyl (C=O) groups is 2. The minimum atomic E-state index is -0.342. The number of nitrogens with one attached hydrogen (secondary N) is 1. The first-order valence-corrected chi connectivity index (χ1v) is 12.2. The smallest absolute Gasteiger partial charge is 0.324 e. The third kappa shape index (κ3) is 4.07. The van der Waals surface area contributed by atoms with Crippen LogP contribution in [0.3, 0.4) is 0 Å². The van der Waals surface area contributed by atoms with Crippen molar-refractivity contribution >= 4 is 45.3 Å². The third-order valence-electron chi connectivity index (χ3n) is 5.51. The Kier molecular flexibility index (Phi) is 6.24. The molecule has 2 aromatic rings. The molecule has 29 heavy (non-hydrogen) atoms. The van der Waals surface area contributed by atoms with E-state index in [4.69, 9.17) is 4.98 Å². The number of thiophene rings is 1. The normalized spacial score (nSPS) is 16.3. The summed E-state index contributed by atoms with van der Waals surface area (Å²) in [6.07, 6.45) is 7.29.